The Morgan fingerprint density at radius 2 is 2.20 bits per heavy atom. The average Bonchev–Trinajstić information content (AvgIpc) is 2.18. The Bertz CT molecular complexity index is 380. The lowest BCUT2D eigenvalue weighted by Crippen LogP contribution is -2.23. The molecule has 1 aromatic carbocycles. The molecule has 0 aliphatic heterocycles. The highest BCUT2D eigenvalue weighted by Gasteiger charge is 2.09. The number of aliphatic hydroxyl groups excluding tert-OH is 1. The highest BCUT2D eigenvalue weighted by molar-refractivity contribution is 6.30. The number of hydrogen-bond acceptors (Lipinski definition) is 2. The van der Waals surface area contributed by atoms with Gasteiger partial charge in [0, 0.05) is 0 Å². The minimum absolute atomic E-state index is 0.00721. The van der Waals surface area contributed by atoms with Crippen molar-refractivity contribution in [2.24, 2.45) is 16.5 Å². The third kappa shape index (κ3) is 3.38. The average molecular weight is 232 g/mol. The predicted octanol–water partition coefficient (Wildman–Crippen LogP) is 0.786. The smallest absolute Gasteiger partial charge is 0.186 e. The lowest BCUT2D eigenvalue weighted by molar-refractivity contribution is 0.187. The van der Waals surface area contributed by atoms with Crippen molar-refractivity contribution in [3.05, 3.63) is 34.6 Å². The van der Waals surface area contributed by atoms with Crippen molar-refractivity contribution in [2.45, 2.75) is 6.10 Å². The van der Waals surface area contributed by atoms with E-state index in [-0.39, 0.29) is 17.5 Å². The molecule has 0 aliphatic carbocycles. The van der Waals surface area contributed by atoms with Gasteiger partial charge in [0.25, 0.3) is 0 Å². The summed E-state index contributed by atoms with van der Waals surface area (Å²) in [6.07, 6.45) is -0.945. The second-order valence-corrected chi connectivity index (χ2v) is 3.36. The normalized spacial score (nSPS) is 12.2. The summed E-state index contributed by atoms with van der Waals surface area (Å²) >= 11 is 5.49. The summed E-state index contributed by atoms with van der Waals surface area (Å²) in [4.78, 5) is 3.62. The molecule has 1 rings (SSSR count). The van der Waals surface area contributed by atoms with Crippen molar-refractivity contribution < 1.29 is 9.50 Å². The minimum Gasteiger partial charge on any atom is -0.386 e. The molecule has 0 aliphatic rings. The van der Waals surface area contributed by atoms with Crippen molar-refractivity contribution >= 4 is 17.6 Å². The largest absolute Gasteiger partial charge is 0.386 e. The molecular formula is C9H11ClFN3O. The van der Waals surface area contributed by atoms with Gasteiger partial charge in [0.05, 0.1) is 17.7 Å². The zero-order valence-corrected chi connectivity index (χ0v) is 8.58. The molecule has 0 saturated heterocycles. The van der Waals surface area contributed by atoms with Gasteiger partial charge in [0.15, 0.2) is 5.96 Å². The number of halogens is 2. The standard InChI is InChI=1S/C9H11ClFN3O/c10-6-2-1-5(3-7(6)11)8(15)4-14-9(12)13/h1-3,8,15H,4H2,(H4,12,13,14). The van der Waals surface area contributed by atoms with Crippen LogP contribution in [0, 0.1) is 5.82 Å². The van der Waals surface area contributed by atoms with E-state index in [1.54, 1.807) is 0 Å². The second kappa shape index (κ2) is 4.95. The van der Waals surface area contributed by atoms with Gasteiger partial charge in [-0.15, -0.1) is 0 Å². The topological polar surface area (TPSA) is 84.6 Å². The van der Waals surface area contributed by atoms with Crippen molar-refractivity contribution in [2.75, 3.05) is 6.54 Å². The second-order valence-electron chi connectivity index (χ2n) is 2.95. The van der Waals surface area contributed by atoms with Crippen molar-refractivity contribution in [1.29, 1.82) is 0 Å². The molecule has 0 amide bonds. The number of nitrogens with zero attached hydrogens (tertiary/aromatic N) is 1. The fraction of sp³-hybridized carbons (Fsp3) is 0.222. The number of hydrogen-bond donors (Lipinski definition) is 3. The van der Waals surface area contributed by atoms with Crippen LogP contribution in [0.3, 0.4) is 0 Å². The lowest BCUT2D eigenvalue weighted by Gasteiger charge is -2.08. The Hall–Kier alpha value is -1.33. The van der Waals surface area contributed by atoms with Crippen molar-refractivity contribution in [1.82, 2.24) is 0 Å². The predicted molar refractivity (Wildman–Crippen MR) is 57.0 cm³/mol. The van der Waals surface area contributed by atoms with Crippen LogP contribution >= 0.6 is 11.6 Å². The first kappa shape index (κ1) is 11.7. The SMILES string of the molecule is NC(N)=NCC(O)c1ccc(Cl)c(F)c1. The molecule has 15 heavy (non-hydrogen) atoms. The summed E-state index contributed by atoms with van der Waals surface area (Å²) in [5.41, 5.74) is 10.6. The quantitative estimate of drug-likeness (QED) is 0.531. The lowest BCUT2D eigenvalue weighted by atomic mass is 10.1. The summed E-state index contributed by atoms with van der Waals surface area (Å²) in [5, 5.41) is 9.56. The van der Waals surface area contributed by atoms with Crippen molar-refractivity contribution in [3.8, 4) is 0 Å². The first-order valence-electron chi connectivity index (χ1n) is 4.19. The maximum Gasteiger partial charge on any atom is 0.186 e. The highest BCUT2D eigenvalue weighted by Crippen LogP contribution is 2.20. The number of aliphatic hydroxyl groups is 1. The number of benzene rings is 1. The molecular weight excluding hydrogens is 221 g/mol. The maximum atomic E-state index is 13.0. The van der Waals surface area contributed by atoms with Gasteiger partial charge >= 0.3 is 0 Å². The van der Waals surface area contributed by atoms with E-state index in [4.69, 9.17) is 23.1 Å². The molecule has 5 N–H and O–H groups in total. The Morgan fingerprint density at radius 1 is 1.53 bits per heavy atom. The van der Waals surface area contributed by atoms with Crippen LogP contribution in [-0.2, 0) is 0 Å². The molecule has 0 radical (unpaired) electrons. The first-order valence-corrected chi connectivity index (χ1v) is 4.57. The minimum atomic E-state index is -0.945. The van der Waals surface area contributed by atoms with Crippen LogP contribution in [0.4, 0.5) is 4.39 Å². The number of guanidine groups is 1. The zero-order chi connectivity index (χ0) is 11.4. The van der Waals surface area contributed by atoms with Gasteiger partial charge < -0.3 is 16.6 Å². The third-order valence-electron chi connectivity index (χ3n) is 1.78. The summed E-state index contributed by atoms with van der Waals surface area (Å²) < 4.78 is 13.0. The zero-order valence-electron chi connectivity index (χ0n) is 7.82. The van der Waals surface area contributed by atoms with E-state index in [0.717, 1.165) is 6.07 Å². The van der Waals surface area contributed by atoms with Gasteiger partial charge in [-0.3, -0.25) is 4.99 Å². The van der Waals surface area contributed by atoms with E-state index in [1.807, 2.05) is 0 Å². The molecule has 1 aromatic rings. The Balaban J connectivity index is 2.78. The number of rotatable bonds is 3. The highest BCUT2D eigenvalue weighted by atomic mass is 35.5. The number of nitrogens with two attached hydrogens (primary N) is 2. The van der Waals surface area contributed by atoms with Crippen LogP contribution in [0.2, 0.25) is 5.02 Å². The monoisotopic (exact) mass is 231 g/mol. The van der Waals surface area contributed by atoms with Crippen LogP contribution in [0.25, 0.3) is 0 Å². The maximum absolute atomic E-state index is 13.0. The van der Waals surface area contributed by atoms with E-state index in [9.17, 15) is 9.50 Å². The van der Waals surface area contributed by atoms with E-state index in [1.165, 1.54) is 12.1 Å². The fourth-order valence-corrected chi connectivity index (χ4v) is 1.13. The Labute approximate surface area is 91.4 Å². The van der Waals surface area contributed by atoms with Crippen LogP contribution in [0.1, 0.15) is 11.7 Å². The molecule has 0 fully saturated rings. The van der Waals surface area contributed by atoms with E-state index >= 15 is 0 Å². The molecule has 0 saturated carbocycles. The summed E-state index contributed by atoms with van der Waals surface area (Å²) in [6, 6.07) is 4.03. The molecule has 0 spiro atoms. The van der Waals surface area contributed by atoms with E-state index in [2.05, 4.69) is 4.99 Å². The molecule has 0 bridgehead atoms. The summed E-state index contributed by atoms with van der Waals surface area (Å²) in [6.45, 7) is -0.0105. The summed E-state index contributed by atoms with van der Waals surface area (Å²) in [7, 11) is 0. The van der Waals surface area contributed by atoms with Crippen LogP contribution in [-0.4, -0.2) is 17.6 Å². The fourth-order valence-electron chi connectivity index (χ4n) is 1.02. The molecule has 6 heteroatoms. The first-order chi connectivity index (χ1) is 7.00. The Kier molecular flexibility index (Phi) is 3.88. The van der Waals surface area contributed by atoms with Gasteiger partial charge in [0.2, 0.25) is 0 Å². The molecule has 1 unspecified atom stereocenters. The molecule has 0 heterocycles. The van der Waals surface area contributed by atoms with Gasteiger partial charge in [-0.1, -0.05) is 17.7 Å². The van der Waals surface area contributed by atoms with Crippen molar-refractivity contribution in [3.63, 3.8) is 0 Å². The van der Waals surface area contributed by atoms with E-state index < -0.39 is 11.9 Å². The van der Waals surface area contributed by atoms with Crippen LogP contribution in [0.15, 0.2) is 23.2 Å². The Morgan fingerprint density at radius 3 is 2.73 bits per heavy atom. The van der Waals surface area contributed by atoms with Gasteiger partial charge in [-0.05, 0) is 17.7 Å². The van der Waals surface area contributed by atoms with Crippen LogP contribution in [0.5, 0.6) is 0 Å². The molecule has 0 aromatic heterocycles. The van der Waals surface area contributed by atoms with Gasteiger partial charge in [-0.25, -0.2) is 4.39 Å². The van der Waals surface area contributed by atoms with E-state index in [0.29, 0.717) is 5.56 Å². The molecule has 1 atom stereocenters. The summed E-state index contributed by atoms with van der Waals surface area (Å²) in [5.74, 6) is -0.707. The van der Waals surface area contributed by atoms with Crippen LogP contribution < -0.4 is 11.5 Å². The number of aliphatic imine (C=N–C) groups is 1. The van der Waals surface area contributed by atoms with Gasteiger partial charge in [0.1, 0.15) is 5.82 Å². The third-order valence-corrected chi connectivity index (χ3v) is 2.08. The molecule has 4 nitrogen and oxygen atoms in total. The van der Waals surface area contributed by atoms with Gasteiger partial charge in [-0.2, -0.15) is 0 Å². The molecule has 82 valence electrons.